The summed E-state index contributed by atoms with van der Waals surface area (Å²) in [4.78, 5) is 0. The van der Waals surface area contributed by atoms with E-state index in [0.717, 1.165) is 22.3 Å². The summed E-state index contributed by atoms with van der Waals surface area (Å²) in [6, 6.07) is 16.2. The molecule has 0 aliphatic heterocycles. The summed E-state index contributed by atoms with van der Waals surface area (Å²) in [6.07, 6.45) is 0. The topological polar surface area (TPSA) is 44.0 Å². The van der Waals surface area contributed by atoms with Gasteiger partial charge in [-0.05, 0) is 45.2 Å². The lowest BCUT2D eigenvalue weighted by Crippen LogP contribution is -2.18. The van der Waals surface area contributed by atoms with E-state index in [1.807, 2.05) is 42.5 Å². The average Bonchev–Trinajstić information content (AvgIpc) is 2.48. The first-order valence-electron chi connectivity index (χ1n) is 8.38. The van der Waals surface area contributed by atoms with Gasteiger partial charge in [-0.15, -0.1) is 0 Å². The third-order valence-corrected chi connectivity index (χ3v) is 4.34. The van der Waals surface area contributed by atoms with Gasteiger partial charge < -0.3 is 5.11 Å². The number of phenolic OH excluding ortho intramolecular Hbond substituents is 1. The van der Waals surface area contributed by atoms with Crippen LogP contribution in [-0.4, -0.2) is 5.11 Å². The molecule has 2 aromatic carbocycles. The van der Waals surface area contributed by atoms with Crippen LogP contribution in [-0.2, 0) is 10.8 Å². The molecule has 0 aliphatic rings. The van der Waals surface area contributed by atoms with Gasteiger partial charge >= 0.3 is 0 Å². The maximum atomic E-state index is 10.8. The summed E-state index contributed by atoms with van der Waals surface area (Å²) in [5.74, 6) is 0.0116. The van der Waals surface area contributed by atoms with Crippen molar-refractivity contribution in [2.24, 2.45) is 0 Å². The largest absolute Gasteiger partial charge is 0.507 e. The van der Waals surface area contributed by atoms with Gasteiger partial charge in [0.2, 0.25) is 0 Å². The number of hydrogen-bond donors (Lipinski definition) is 1. The molecule has 0 radical (unpaired) electrons. The number of aromatic hydroxyl groups is 1. The van der Waals surface area contributed by atoms with Crippen LogP contribution in [0.5, 0.6) is 5.75 Å². The van der Waals surface area contributed by atoms with Crippen molar-refractivity contribution in [1.82, 2.24) is 0 Å². The minimum absolute atomic E-state index is 0.198. The molecule has 0 saturated carbocycles. The molecule has 0 amide bonds. The van der Waals surface area contributed by atoms with Crippen LogP contribution in [0.15, 0.2) is 42.5 Å². The maximum Gasteiger partial charge on any atom is 0.123 e. The van der Waals surface area contributed by atoms with Gasteiger partial charge in [0, 0.05) is 0 Å². The predicted molar refractivity (Wildman–Crippen MR) is 99.4 cm³/mol. The molecule has 2 nitrogen and oxygen atoms in total. The van der Waals surface area contributed by atoms with E-state index in [0.29, 0.717) is 5.75 Å². The lowest BCUT2D eigenvalue weighted by Gasteiger charge is -2.29. The maximum absolute atomic E-state index is 10.8. The summed E-state index contributed by atoms with van der Waals surface area (Å²) in [5, 5.41) is 20.6. The summed E-state index contributed by atoms with van der Waals surface area (Å²) in [7, 11) is 0. The summed E-state index contributed by atoms with van der Waals surface area (Å²) >= 11 is 0. The molecule has 0 heterocycles. The Hall–Kier alpha value is -2.27. The molecule has 126 valence electrons. The van der Waals surface area contributed by atoms with E-state index in [2.05, 4.69) is 47.6 Å². The van der Waals surface area contributed by atoms with Crippen LogP contribution in [0, 0.1) is 11.3 Å². The fourth-order valence-corrected chi connectivity index (χ4v) is 2.95. The highest BCUT2D eigenvalue weighted by Gasteiger charge is 2.28. The molecule has 0 aliphatic carbocycles. The van der Waals surface area contributed by atoms with Gasteiger partial charge in [-0.1, -0.05) is 71.9 Å². The quantitative estimate of drug-likeness (QED) is 0.777. The van der Waals surface area contributed by atoms with Crippen LogP contribution in [0.3, 0.4) is 0 Å². The number of nitriles is 1. The molecule has 2 rings (SSSR count). The minimum atomic E-state index is -0.339. The Morgan fingerprint density at radius 1 is 0.833 bits per heavy atom. The van der Waals surface area contributed by atoms with Gasteiger partial charge in [-0.2, -0.15) is 5.26 Å². The van der Waals surface area contributed by atoms with Crippen molar-refractivity contribution in [2.75, 3.05) is 0 Å². The van der Waals surface area contributed by atoms with Crippen molar-refractivity contribution in [3.63, 3.8) is 0 Å². The second-order valence-electron chi connectivity index (χ2n) is 8.44. The molecule has 0 saturated heterocycles. The zero-order valence-corrected chi connectivity index (χ0v) is 15.5. The Morgan fingerprint density at radius 3 is 1.67 bits per heavy atom. The Balaban J connectivity index is 2.73. The van der Waals surface area contributed by atoms with Gasteiger partial charge in [0.15, 0.2) is 0 Å². The zero-order valence-electron chi connectivity index (χ0n) is 15.5. The van der Waals surface area contributed by atoms with Crippen molar-refractivity contribution in [3.05, 3.63) is 64.7 Å². The smallest absolute Gasteiger partial charge is 0.123 e. The second-order valence-corrected chi connectivity index (χ2v) is 8.44. The summed E-state index contributed by atoms with van der Waals surface area (Å²) in [6.45, 7) is 12.5. The van der Waals surface area contributed by atoms with Crippen LogP contribution in [0.25, 0.3) is 0 Å². The fraction of sp³-hybridized carbons (Fsp3) is 0.409. The number of rotatable bonds is 2. The summed E-state index contributed by atoms with van der Waals surface area (Å²) in [5.41, 5.74) is 3.30. The zero-order chi connectivity index (χ0) is 18.1. The molecule has 0 fully saturated rings. The van der Waals surface area contributed by atoms with Crippen molar-refractivity contribution in [3.8, 4) is 11.8 Å². The molecular formula is C22H27NO. The molecule has 2 heteroatoms. The Bertz CT molecular complexity index is 720. The first-order chi connectivity index (χ1) is 11.1. The van der Waals surface area contributed by atoms with Crippen LogP contribution in [0.1, 0.15) is 69.7 Å². The number of nitrogens with zero attached hydrogens (tertiary/aromatic N) is 1. The molecule has 1 atom stereocenters. The second kappa shape index (κ2) is 6.32. The van der Waals surface area contributed by atoms with Crippen molar-refractivity contribution in [2.45, 2.75) is 58.3 Å². The van der Waals surface area contributed by atoms with E-state index < -0.39 is 0 Å². The molecular weight excluding hydrogens is 294 g/mol. The standard InChI is InChI=1S/C22H27NO/c1-21(2,3)18-12-16(13-19(20(18)24)22(4,5)6)17(14-23)15-10-8-7-9-11-15/h7-13,17,24H,1-6H3. The Labute approximate surface area is 145 Å². The highest BCUT2D eigenvalue weighted by Crippen LogP contribution is 2.41. The third-order valence-electron chi connectivity index (χ3n) is 4.34. The first kappa shape index (κ1) is 18.1. The van der Waals surface area contributed by atoms with Gasteiger partial charge in [0.1, 0.15) is 5.75 Å². The fourth-order valence-electron chi connectivity index (χ4n) is 2.95. The van der Waals surface area contributed by atoms with E-state index in [-0.39, 0.29) is 16.7 Å². The predicted octanol–water partition coefficient (Wildman–Crippen LogP) is 5.64. The van der Waals surface area contributed by atoms with E-state index in [1.165, 1.54) is 0 Å². The average molecular weight is 321 g/mol. The van der Waals surface area contributed by atoms with Crippen molar-refractivity contribution < 1.29 is 5.11 Å². The van der Waals surface area contributed by atoms with Gasteiger partial charge in [0.25, 0.3) is 0 Å². The van der Waals surface area contributed by atoms with Crippen LogP contribution < -0.4 is 0 Å². The van der Waals surface area contributed by atoms with Crippen LogP contribution in [0.4, 0.5) is 0 Å². The molecule has 1 N–H and O–H groups in total. The number of phenols is 1. The van der Waals surface area contributed by atoms with Crippen molar-refractivity contribution >= 4 is 0 Å². The third kappa shape index (κ3) is 3.62. The van der Waals surface area contributed by atoms with Crippen molar-refractivity contribution in [1.29, 1.82) is 5.26 Å². The van der Waals surface area contributed by atoms with Crippen LogP contribution in [0.2, 0.25) is 0 Å². The lowest BCUT2D eigenvalue weighted by atomic mass is 9.76. The molecule has 1 unspecified atom stereocenters. The summed E-state index contributed by atoms with van der Waals surface area (Å²) < 4.78 is 0. The van der Waals surface area contributed by atoms with E-state index in [9.17, 15) is 10.4 Å². The van der Waals surface area contributed by atoms with Crippen LogP contribution >= 0.6 is 0 Å². The molecule has 0 aromatic heterocycles. The highest BCUT2D eigenvalue weighted by molar-refractivity contribution is 5.53. The first-order valence-corrected chi connectivity index (χ1v) is 8.38. The molecule has 24 heavy (non-hydrogen) atoms. The monoisotopic (exact) mass is 321 g/mol. The Kier molecular flexibility index (Phi) is 4.76. The Morgan fingerprint density at radius 2 is 1.29 bits per heavy atom. The normalized spacial score (nSPS) is 13.4. The number of benzene rings is 2. The minimum Gasteiger partial charge on any atom is -0.507 e. The number of hydrogen-bond acceptors (Lipinski definition) is 2. The SMILES string of the molecule is CC(C)(C)c1cc(C(C#N)c2ccccc2)cc(C(C)(C)C)c1O. The molecule has 0 bridgehead atoms. The van der Waals surface area contributed by atoms with Gasteiger partial charge in [-0.25, -0.2) is 0 Å². The molecule has 0 spiro atoms. The van der Waals surface area contributed by atoms with Gasteiger partial charge in [0.05, 0.1) is 12.0 Å². The van der Waals surface area contributed by atoms with E-state index in [1.54, 1.807) is 0 Å². The lowest BCUT2D eigenvalue weighted by molar-refractivity contribution is 0.422. The van der Waals surface area contributed by atoms with E-state index in [4.69, 9.17) is 0 Å². The van der Waals surface area contributed by atoms with Gasteiger partial charge in [-0.3, -0.25) is 0 Å². The van der Waals surface area contributed by atoms with E-state index >= 15 is 0 Å². The molecule has 2 aromatic rings. The highest BCUT2D eigenvalue weighted by atomic mass is 16.3.